The van der Waals surface area contributed by atoms with Gasteiger partial charge in [-0.05, 0) is 25.7 Å². The van der Waals surface area contributed by atoms with Gasteiger partial charge in [-0.1, -0.05) is 52.8 Å². The Bertz CT molecular complexity index is 284. The summed E-state index contributed by atoms with van der Waals surface area (Å²) in [5.41, 5.74) is 5.10. The third-order valence-corrected chi connectivity index (χ3v) is 4.62. The number of thiocarbonyl (C=S) groups is 1. The summed E-state index contributed by atoms with van der Waals surface area (Å²) in [4.78, 5) is 12.7. The van der Waals surface area contributed by atoms with Crippen molar-refractivity contribution >= 4 is 23.1 Å². The molecule has 0 fully saturated rings. The van der Waals surface area contributed by atoms with Gasteiger partial charge < -0.3 is 11.1 Å². The molecule has 1 atom stereocenters. The molecule has 4 heteroatoms. The number of nitrogens with two attached hydrogens (primary N) is 1. The van der Waals surface area contributed by atoms with Crippen molar-refractivity contribution in [3.63, 3.8) is 0 Å². The van der Waals surface area contributed by atoms with Crippen LogP contribution in [0, 0.1) is 11.3 Å². The summed E-state index contributed by atoms with van der Waals surface area (Å²) in [5, 5.41) is 3.10. The van der Waals surface area contributed by atoms with E-state index in [2.05, 4.69) is 26.1 Å². The molecule has 1 unspecified atom stereocenters. The van der Waals surface area contributed by atoms with Gasteiger partial charge in [0.25, 0.3) is 0 Å². The molecule has 0 saturated carbocycles. The average molecular weight is 272 g/mol. The highest BCUT2D eigenvalue weighted by Gasteiger charge is 2.38. The van der Waals surface area contributed by atoms with Crippen molar-refractivity contribution in [1.82, 2.24) is 5.32 Å². The molecule has 3 N–H and O–H groups in total. The molecule has 0 aliphatic carbocycles. The van der Waals surface area contributed by atoms with E-state index in [4.69, 9.17) is 18.0 Å². The Morgan fingerprint density at radius 2 is 1.67 bits per heavy atom. The van der Waals surface area contributed by atoms with Crippen molar-refractivity contribution in [3.8, 4) is 0 Å². The Morgan fingerprint density at radius 1 is 1.22 bits per heavy atom. The van der Waals surface area contributed by atoms with Gasteiger partial charge in [-0.3, -0.25) is 4.79 Å². The van der Waals surface area contributed by atoms with Gasteiger partial charge in [0.05, 0.1) is 10.4 Å². The molecule has 1 amide bonds. The molecule has 0 aliphatic rings. The summed E-state index contributed by atoms with van der Waals surface area (Å²) in [6.45, 7) is 10.3. The highest BCUT2D eigenvalue weighted by molar-refractivity contribution is 7.80. The Balaban J connectivity index is 4.87. The van der Waals surface area contributed by atoms with Gasteiger partial charge in [-0.15, -0.1) is 0 Å². The summed E-state index contributed by atoms with van der Waals surface area (Å²) < 4.78 is 0. The highest BCUT2D eigenvalue weighted by Crippen LogP contribution is 2.28. The Labute approximate surface area is 117 Å². The Hall–Kier alpha value is -0.640. The lowest BCUT2D eigenvalue weighted by Crippen LogP contribution is -2.51. The van der Waals surface area contributed by atoms with E-state index in [0.29, 0.717) is 23.7 Å². The van der Waals surface area contributed by atoms with Crippen LogP contribution in [0.15, 0.2) is 0 Å². The van der Waals surface area contributed by atoms with Crippen molar-refractivity contribution < 1.29 is 4.79 Å². The van der Waals surface area contributed by atoms with Crippen molar-refractivity contribution in [1.29, 1.82) is 0 Å². The number of nitrogens with one attached hydrogen (secondary N) is 1. The van der Waals surface area contributed by atoms with Crippen LogP contribution in [0.3, 0.4) is 0 Å². The minimum absolute atomic E-state index is 0.0144. The van der Waals surface area contributed by atoms with Crippen molar-refractivity contribution in [2.45, 2.75) is 66.3 Å². The average Bonchev–Trinajstić information content (AvgIpc) is 2.32. The number of hydrogen-bond donors (Lipinski definition) is 2. The summed E-state index contributed by atoms with van der Waals surface area (Å²) in [5.74, 6) is 0.492. The van der Waals surface area contributed by atoms with Crippen LogP contribution >= 0.6 is 12.2 Å². The van der Waals surface area contributed by atoms with Crippen LogP contribution < -0.4 is 11.1 Å². The van der Waals surface area contributed by atoms with E-state index in [9.17, 15) is 4.79 Å². The van der Waals surface area contributed by atoms with Gasteiger partial charge in [0.15, 0.2) is 0 Å². The number of rotatable bonds is 8. The fourth-order valence-corrected chi connectivity index (χ4v) is 2.87. The topological polar surface area (TPSA) is 55.1 Å². The first-order chi connectivity index (χ1) is 8.39. The predicted octanol–water partition coefficient (Wildman–Crippen LogP) is 3.02. The van der Waals surface area contributed by atoms with Gasteiger partial charge in [0, 0.05) is 6.04 Å². The molecule has 0 radical (unpaired) electrons. The van der Waals surface area contributed by atoms with E-state index in [1.54, 1.807) is 0 Å². The smallest absolute Gasteiger partial charge is 0.233 e. The predicted molar refractivity (Wildman–Crippen MR) is 81.5 cm³/mol. The molecule has 0 aromatic heterocycles. The van der Waals surface area contributed by atoms with E-state index in [-0.39, 0.29) is 11.9 Å². The lowest BCUT2D eigenvalue weighted by Gasteiger charge is -2.32. The molecular weight excluding hydrogens is 244 g/mol. The molecule has 0 heterocycles. The maximum absolute atomic E-state index is 12.4. The molecule has 0 aromatic rings. The lowest BCUT2D eigenvalue weighted by molar-refractivity contribution is -0.128. The third-order valence-electron chi connectivity index (χ3n) is 4.23. The third kappa shape index (κ3) is 3.67. The van der Waals surface area contributed by atoms with E-state index >= 15 is 0 Å². The van der Waals surface area contributed by atoms with Crippen LogP contribution in [-0.4, -0.2) is 16.9 Å². The zero-order chi connectivity index (χ0) is 14.3. The molecule has 0 aliphatic heterocycles. The first kappa shape index (κ1) is 17.4. The molecule has 18 heavy (non-hydrogen) atoms. The standard InChI is InChI=1S/C14H28N2OS/c1-6-11(7-2)10(5)16-13(17)14(8-3,9-4)12(15)18/h10-11H,6-9H2,1-5H3,(H2,15,18)(H,16,17). The molecule has 0 bridgehead atoms. The van der Waals surface area contributed by atoms with Gasteiger partial charge in [0.1, 0.15) is 0 Å². The first-order valence-electron chi connectivity index (χ1n) is 7.00. The summed E-state index contributed by atoms with van der Waals surface area (Å²) in [6, 6.07) is 0.166. The van der Waals surface area contributed by atoms with Crippen LogP contribution in [0.25, 0.3) is 0 Å². The quantitative estimate of drug-likeness (QED) is 0.668. The fourth-order valence-electron chi connectivity index (χ4n) is 2.49. The zero-order valence-corrected chi connectivity index (χ0v) is 13.2. The normalized spacial score (nSPS) is 13.4. The Kier molecular flexibility index (Phi) is 7.45. The minimum Gasteiger partial charge on any atom is -0.392 e. The second-order valence-corrected chi connectivity index (χ2v) is 5.43. The number of amides is 1. The summed E-state index contributed by atoms with van der Waals surface area (Å²) in [6.07, 6.45) is 3.44. The summed E-state index contributed by atoms with van der Waals surface area (Å²) >= 11 is 5.10. The van der Waals surface area contributed by atoms with Crippen LogP contribution in [0.2, 0.25) is 0 Å². The van der Waals surface area contributed by atoms with E-state index < -0.39 is 5.41 Å². The van der Waals surface area contributed by atoms with Crippen LogP contribution in [0.5, 0.6) is 0 Å². The van der Waals surface area contributed by atoms with Gasteiger partial charge in [-0.2, -0.15) is 0 Å². The minimum atomic E-state index is -0.685. The maximum atomic E-state index is 12.4. The molecule has 0 rings (SSSR count). The van der Waals surface area contributed by atoms with Crippen molar-refractivity contribution in [3.05, 3.63) is 0 Å². The van der Waals surface area contributed by atoms with E-state index in [1.807, 2.05) is 13.8 Å². The first-order valence-corrected chi connectivity index (χ1v) is 7.41. The molecule has 0 spiro atoms. The SMILES string of the molecule is CCC(CC)C(C)NC(=O)C(CC)(CC)C(N)=S. The second-order valence-electron chi connectivity index (χ2n) is 4.99. The second kappa shape index (κ2) is 7.72. The van der Waals surface area contributed by atoms with Crippen LogP contribution in [0.4, 0.5) is 0 Å². The fraction of sp³-hybridized carbons (Fsp3) is 0.857. The zero-order valence-electron chi connectivity index (χ0n) is 12.4. The van der Waals surface area contributed by atoms with Crippen molar-refractivity contribution in [2.75, 3.05) is 0 Å². The molecular formula is C14H28N2OS. The van der Waals surface area contributed by atoms with Gasteiger partial charge >= 0.3 is 0 Å². The van der Waals surface area contributed by atoms with Crippen molar-refractivity contribution in [2.24, 2.45) is 17.1 Å². The van der Waals surface area contributed by atoms with Crippen LogP contribution in [-0.2, 0) is 4.79 Å². The lowest BCUT2D eigenvalue weighted by atomic mass is 9.80. The largest absolute Gasteiger partial charge is 0.392 e. The number of carbonyl (C=O) groups excluding carboxylic acids is 1. The van der Waals surface area contributed by atoms with E-state index in [1.165, 1.54) is 0 Å². The molecule has 106 valence electrons. The van der Waals surface area contributed by atoms with E-state index in [0.717, 1.165) is 12.8 Å². The van der Waals surface area contributed by atoms with Gasteiger partial charge in [0.2, 0.25) is 5.91 Å². The molecule has 0 aromatic carbocycles. The molecule has 3 nitrogen and oxygen atoms in total. The number of hydrogen-bond acceptors (Lipinski definition) is 2. The maximum Gasteiger partial charge on any atom is 0.233 e. The number of carbonyl (C=O) groups is 1. The molecule has 0 saturated heterocycles. The highest BCUT2D eigenvalue weighted by atomic mass is 32.1. The Morgan fingerprint density at radius 3 is 1.94 bits per heavy atom. The summed E-state index contributed by atoms with van der Waals surface area (Å²) in [7, 11) is 0. The van der Waals surface area contributed by atoms with Gasteiger partial charge in [-0.25, -0.2) is 0 Å². The van der Waals surface area contributed by atoms with Crippen LogP contribution in [0.1, 0.15) is 60.3 Å². The monoisotopic (exact) mass is 272 g/mol.